The van der Waals surface area contributed by atoms with Gasteiger partial charge in [-0.3, -0.25) is 5.10 Å². The number of nitrogens with zero attached hydrogens (tertiary/aromatic N) is 4. The second-order valence-corrected chi connectivity index (χ2v) is 6.94. The summed E-state index contributed by atoms with van der Waals surface area (Å²) >= 11 is 0. The van der Waals surface area contributed by atoms with E-state index >= 15 is 0 Å². The van der Waals surface area contributed by atoms with Crippen molar-refractivity contribution in [1.29, 1.82) is 0 Å². The lowest BCUT2D eigenvalue weighted by atomic mass is 10.2. The number of likely N-dealkylation sites (N-methyl/N-ethyl adjacent to an activating group) is 1. The zero-order valence-electron chi connectivity index (χ0n) is 16.9. The van der Waals surface area contributed by atoms with Crippen molar-refractivity contribution < 1.29 is 9.47 Å². The number of rotatable bonds is 10. The average molecular weight is 387 g/mol. The molecule has 0 atom stereocenters. The molecule has 0 radical (unpaired) electrons. The number of nitrogens with one attached hydrogen (secondary N) is 2. The van der Waals surface area contributed by atoms with Crippen molar-refractivity contribution in [3.8, 4) is 17.1 Å². The maximum Gasteiger partial charge on any atom is 0.194 e. The first-order valence-electron chi connectivity index (χ1n) is 9.82. The van der Waals surface area contributed by atoms with E-state index in [0.717, 1.165) is 48.7 Å². The molecule has 1 heterocycles. The van der Waals surface area contributed by atoms with Gasteiger partial charge >= 0.3 is 0 Å². The van der Waals surface area contributed by atoms with Crippen LogP contribution < -0.4 is 10.1 Å². The summed E-state index contributed by atoms with van der Waals surface area (Å²) in [5.41, 5.74) is 0.934. The van der Waals surface area contributed by atoms with Crippen molar-refractivity contribution in [3.63, 3.8) is 0 Å². The smallest absolute Gasteiger partial charge is 0.194 e. The van der Waals surface area contributed by atoms with E-state index in [1.807, 2.05) is 31.3 Å². The van der Waals surface area contributed by atoms with Crippen LogP contribution in [0.5, 0.6) is 5.75 Å². The molecule has 1 fully saturated rings. The molecule has 152 valence electrons. The van der Waals surface area contributed by atoms with Gasteiger partial charge in [-0.15, -0.1) is 0 Å². The van der Waals surface area contributed by atoms with Gasteiger partial charge in [0.05, 0.1) is 13.7 Å². The van der Waals surface area contributed by atoms with Crippen LogP contribution in [0.3, 0.4) is 0 Å². The molecule has 1 aliphatic rings. The monoisotopic (exact) mass is 386 g/mol. The van der Waals surface area contributed by atoms with Crippen molar-refractivity contribution in [2.75, 3.05) is 40.5 Å². The van der Waals surface area contributed by atoms with Crippen LogP contribution in [-0.4, -0.2) is 66.5 Å². The van der Waals surface area contributed by atoms with Crippen molar-refractivity contribution >= 4 is 5.96 Å². The summed E-state index contributed by atoms with van der Waals surface area (Å²) in [6.45, 7) is 5.68. The maximum atomic E-state index is 5.73. The number of benzene rings is 1. The highest BCUT2D eigenvalue weighted by atomic mass is 16.5. The van der Waals surface area contributed by atoms with Gasteiger partial charge in [0.25, 0.3) is 0 Å². The van der Waals surface area contributed by atoms with Crippen LogP contribution in [0, 0.1) is 5.92 Å². The van der Waals surface area contributed by atoms with Crippen LogP contribution >= 0.6 is 0 Å². The van der Waals surface area contributed by atoms with Gasteiger partial charge in [0.2, 0.25) is 0 Å². The number of aromatic amines is 1. The summed E-state index contributed by atoms with van der Waals surface area (Å²) in [4.78, 5) is 11.3. The topological polar surface area (TPSA) is 87.7 Å². The molecule has 0 bridgehead atoms. The Morgan fingerprint density at radius 2 is 2.11 bits per heavy atom. The number of aliphatic imine (C=N–C) groups is 1. The second-order valence-electron chi connectivity index (χ2n) is 6.94. The summed E-state index contributed by atoms with van der Waals surface area (Å²) in [5, 5.41) is 10.6. The Hall–Kier alpha value is -2.61. The average Bonchev–Trinajstić information content (AvgIpc) is 3.43. The lowest BCUT2D eigenvalue weighted by Crippen LogP contribution is -2.40. The third-order valence-electron chi connectivity index (χ3n) is 4.58. The Balaban J connectivity index is 1.54. The number of aromatic nitrogens is 3. The highest BCUT2D eigenvalue weighted by Crippen LogP contribution is 2.28. The van der Waals surface area contributed by atoms with Gasteiger partial charge in [-0.2, -0.15) is 5.10 Å². The lowest BCUT2D eigenvalue weighted by Gasteiger charge is -2.21. The second kappa shape index (κ2) is 10.1. The molecule has 2 N–H and O–H groups in total. The molecule has 8 nitrogen and oxygen atoms in total. The molecule has 1 saturated carbocycles. The van der Waals surface area contributed by atoms with E-state index < -0.39 is 0 Å². The molecule has 0 unspecified atom stereocenters. The molecule has 2 aromatic rings. The molecule has 0 spiro atoms. The minimum Gasteiger partial charge on any atom is -0.497 e. The van der Waals surface area contributed by atoms with Crippen LogP contribution in [0.4, 0.5) is 0 Å². The van der Waals surface area contributed by atoms with Crippen LogP contribution in [0.15, 0.2) is 29.3 Å². The number of ether oxygens (including phenoxy) is 2. The van der Waals surface area contributed by atoms with E-state index in [1.54, 1.807) is 7.11 Å². The Kier molecular flexibility index (Phi) is 7.25. The zero-order valence-corrected chi connectivity index (χ0v) is 16.9. The van der Waals surface area contributed by atoms with Crippen molar-refractivity contribution in [1.82, 2.24) is 25.4 Å². The van der Waals surface area contributed by atoms with E-state index in [1.165, 1.54) is 12.8 Å². The molecule has 28 heavy (non-hydrogen) atoms. The number of hydrogen-bond acceptors (Lipinski definition) is 5. The number of methoxy groups -OCH3 is 1. The zero-order chi connectivity index (χ0) is 19.8. The minimum atomic E-state index is 0.429. The first-order valence-corrected chi connectivity index (χ1v) is 9.82. The summed E-state index contributed by atoms with van der Waals surface area (Å²) in [6.07, 6.45) is 2.63. The van der Waals surface area contributed by atoms with Crippen molar-refractivity contribution in [2.24, 2.45) is 10.9 Å². The number of guanidine groups is 1. The molecule has 0 saturated heterocycles. The predicted octanol–water partition coefficient (Wildman–Crippen LogP) is 2.30. The Labute approximate surface area is 166 Å². The predicted molar refractivity (Wildman–Crippen MR) is 109 cm³/mol. The lowest BCUT2D eigenvalue weighted by molar-refractivity contribution is 0.115. The molecule has 8 heteroatoms. The van der Waals surface area contributed by atoms with Crippen molar-refractivity contribution in [3.05, 3.63) is 30.1 Å². The fourth-order valence-corrected chi connectivity index (χ4v) is 2.70. The van der Waals surface area contributed by atoms with Gasteiger partial charge in [0.15, 0.2) is 11.8 Å². The summed E-state index contributed by atoms with van der Waals surface area (Å²) in [6, 6.07) is 7.67. The van der Waals surface area contributed by atoms with Crippen LogP contribution in [-0.2, 0) is 11.3 Å². The van der Waals surface area contributed by atoms with Gasteiger partial charge in [0.1, 0.15) is 18.1 Å². The third kappa shape index (κ3) is 5.95. The Morgan fingerprint density at radius 3 is 2.79 bits per heavy atom. The molecule has 1 aliphatic carbocycles. The first-order chi connectivity index (χ1) is 13.7. The maximum absolute atomic E-state index is 5.73. The number of H-pyrrole nitrogens is 1. The van der Waals surface area contributed by atoms with E-state index in [2.05, 4.69) is 37.3 Å². The fourth-order valence-electron chi connectivity index (χ4n) is 2.70. The van der Waals surface area contributed by atoms with Crippen LogP contribution in [0.25, 0.3) is 11.4 Å². The first kappa shape index (κ1) is 20.1. The van der Waals surface area contributed by atoms with E-state index in [0.29, 0.717) is 19.0 Å². The third-order valence-corrected chi connectivity index (χ3v) is 4.58. The molecule has 0 aliphatic heterocycles. The molecule has 0 amide bonds. The molecule has 1 aromatic heterocycles. The van der Waals surface area contributed by atoms with Crippen LogP contribution in [0.2, 0.25) is 0 Å². The minimum absolute atomic E-state index is 0.429. The molecular weight excluding hydrogens is 356 g/mol. The fraction of sp³-hybridized carbons (Fsp3) is 0.550. The van der Waals surface area contributed by atoms with E-state index in [9.17, 15) is 0 Å². The van der Waals surface area contributed by atoms with Gasteiger partial charge in [-0.05, 0) is 49.9 Å². The highest BCUT2D eigenvalue weighted by molar-refractivity contribution is 5.79. The quantitative estimate of drug-likeness (QED) is 0.370. The molecule has 3 rings (SSSR count). The summed E-state index contributed by atoms with van der Waals surface area (Å²) < 4.78 is 10.9. The Bertz CT molecular complexity index is 754. The molecule has 1 aromatic carbocycles. The summed E-state index contributed by atoms with van der Waals surface area (Å²) in [7, 11) is 3.67. The van der Waals surface area contributed by atoms with Gasteiger partial charge in [-0.25, -0.2) is 9.98 Å². The normalized spacial score (nSPS) is 14.2. The SMILES string of the molecule is CCNC(=NCc1nc(-c2ccc(OC)cc2)n[nH]1)N(C)CCOCC1CC1. The van der Waals surface area contributed by atoms with Gasteiger partial charge in [0, 0.05) is 32.3 Å². The van der Waals surface area contributed by atoms with E-state index in [-0.39, 0.29) is 0 Å². The largest absolute Gasteiger partial charge is 0.497 e. The summed E-state index contributed by atoms with van der Waals surface area (Å²) in [5.74, 6) is 3.81. The van der Waals surface area contributed by atoms with Crippen molar-refractivity contribution in [2.45, 2.75) is 26.3 Å². The molecular formula is C20H30N6O2. The van der Waals surface area contributed by atoms with Gasteiger partial charge in [-0.1, -0.05) is 0 Å². The van der Waals surface area contributed by atoms with Gasteiger partial charge < -0.3 is 19.7 Å². The van der Waals surface area contributed by atoms with E-state index in [4.69, 9.17) is 9.47 Å². The number of hydrogen-bond donors (Lipinski definition) is 2. The Morgan fingerprint density at radius 1 is 1.32 bits per heavy atom. The highest BCUT2D eigenvalue weighted by Gasteiger charge is 2.21. The standard InChI is InChI=1S/C20H30N6O2/c1-4-21-20(26(2)11-12-28-14-15-5-6-15)22-13-18-23-19(25-24-18)16-7-9-17(27-3)10-8-16/h7-10,15H,4-6,11-14H2,1-3H3,(H,21,22)(H,23,24,25). The van der Waals surface area contributed by atoms with Crippen LogP contribution in [0.1, 0.15) is 25.6 Å².